The van der Waals surface area contributed by atoms with E-state index in [0.717, 1.165) is 16.2 Å². The molecular weight excluding hydrogens is 318 g/mol. The number of rotatable bonds is 7. The molecule has 2 rings (SSSR count). The van der Waals surface area contributed by atoms with Gasteiger partial charge in [0.05, 0.1) is 11.3 Å². The highest BCUT2D eigenvalue weighted by Gasteiger charge is 2.17. The molecule has 0 fully saturated rings. The molecular formula is C20H25NO2S. The fourth-order valence-corrected chi connectivity index (χ4v) is 3.09. The molecule has 2 atom stereocenters. The highest BCUT2D eigenvalue weighted by atomic mass is 32.2. The second kappa shape index (κ2) is 8.78. The number of para-hydroxylation sites is 1. The molecule has 0 radical (unpaired) electrons. The molecule has 2 aromatic rings. The Bertz CT molecular complexity index is 670. The molecule has 0 aliphatic rings. The Morgan fingerprint density at radius 2 is 1.75 bits per heavy atom. The normalized spacial score (nSPS) is 13.2. The van der Waals surface area contributed by atoms with Gasteiger partial charge in [-0.3, -0.25) is 4.79 Å². The lowest BCUT2D eigenvalue weighted by atomic mass is 10.2. The van der Waals surface area contributed by atoms with Crippen molar-refractivity contribution >= 4 is 17.7 Å². The number of carbonyl (C=O) groups is 1. The van der Waals surface area contributed by atoms with Crippen molar-refractivity contribution in [1.29, 1.82) is 0 Å². The predicted octanol–water partition coefficient (Wildman–Crippen LogP) is 4.37. The molecule has 1 N–H and O–H groups in total. The predicted molar refractivity (Wildman–Crippen MR) is 101 cm³/mol. The first-order valence-electron chi connectivity index (χ1n) is 8.18. The average molecular weight is 343 g/mol. The summed E-state index contributed by atoms with van der Waals surface area (Å²) >= 11 is 1.57. The van der Waals surface area contributed by atoms with E-state index in [0.29, 0.717) is 6.61 Å². The SMILES string of the molecule is Cc1ccc(SC(C)C(=O)NC(C)COc2ccccc2C)cc1. The zero-order valence-corrected chi connectivity index (χ0v) is 15.5. The molecule has 0 spiro atoms. The van der Waals surface area contributed by atoms with E-state index in [2.05, 4.69) is 36.5 Å². The Hall–Kier alpha value is -1.94. The van der Waals surface area contributed by atoms with Crippen LogP contribution in [0.3, 0.4) is 0 Å². The number of hydrogen-bond acceptors (Lipinski definition) is 3. The summed E-state index contributed by atoms with van der Waals surface area (Å²) in [4.78, 5) is 13.4. The summed E-state index contributed by atoms with van der Waals surface area (Å²) in [6.07, 6.45) is 0. The summed E-state index contributed by atoms with van der Waals surface area (Å²) in [6, 6.07) is 16.1. The van der Waals surface area contributed by atoms with Crippen LogP contribution in [0.2, 0.25) is 0 Å². The maximum absolute atomic E-state index is 12.3. The lowest BCUT2D eigenvalue weighted by molar-refractivity contribution is -0.121. The molecule has 0 aromatic heterocycles. The number of nitrogens with one attached hydrogen (secondary N) is 1. The summed E-state index contributed by atoms with van der Waals surface area (Å²) in [5.74, 6) is 0.891. The first kappa shape index (κ1) is 18.4. The van der Waals surface area contributed by atoms with Gasteiger partial charge in [-0.05, 0) is 51.5 Å². The fourth-order valence-electron chi connectivity index (χ4n) is 2.21. The Morgan fingerprint density at radius 3 is 2.42 bits per heavy atom. The van der Waals surface area contributed by atoms with Crippen molar-refractivity contribution in [3.63, 3.8) is 0 Å². The van der Waals surface area contributed by atoms with E-state index in [1.807, 2.05) is 45.0 Å². The topological polar surface area (TPSA) is 38.3 Å². The molecule has 0 saturated carbocycles. The summed E-state index contributed by atoms with van der Waals surface area (Å²) in [5.41, 5.74) is 2.32. The number of hydrogen-bond donors (Lipinski definition) is 1. The number of benzene rings is 2. The second-order valence-corrected chi connectivity index (χ2v) is 7.47. The summed E-state index contributed by atoms with van der Waals surface area (Å²) < 4.78 is 5.79. The molecule has 24 heavy (non-hydrogen) atoms. The zero-order valence-electron chi connectivity index (χ0n) is 14.7. The van der Waals surface area contributed by atoms with E-state index in [-0.39, 0.29) is 17.2 Å². The van der Waals surface area contributed by atoms with Gasteiger partial charge in [0.1, 0.15) is 12.4 Å². The van der Waals surface area contributed by atoms with E-state index >= 15 is 0 Å². The molecule has 2 unspecified atom stereocenters. The van der Waals surface area contributed by atoms with Crippen LogP contribution in [0.1, 0.15) is 25.0 Å². The summed E-state index contributed by atoms with van der Waals surface area (Å²) in [6.45, 7) is 8.41. The molecule has 0 bridgehead atoms. The van der Waals surface area contributed by atoms with Gasteiger partial charge in [0, 0.05) is 4.90 Å². The Morgan fingerprint density at radius 1 is 1.08 bits per heavy atom. The van der Waals surface area contributed by atoms with Crippen molar-refractivity contribution < 1.29 is 9.53 Å². The van der Waals surface area contributed by atoms with E-state index < -0.39 is 0 Å². The maximum atomic E-state index is 12.3. The number of carbonyl (C=O) groups excluding carboxylic acids is 1. The third kappa shape index (κ3) is 5.60. The lowest BCUT2D eigenvalue weighted by Crippen LogP contribution is -2.40. The van der Waals surface area contributed by atoms with Gasteiger partial charge in [-0.2, -0.15) is 0 Å². The van der Waals surface area contributed by atoms with Gasteiger partial charge < -0.3 is 10.1 Å². The number of aryl methyl sites for hydroxylation is 2. The minimum Gasteiger partial charge on any atom is -0.491 e. The van der Waals surface area contributed by atoms with Crippen LogP contribution in [0, 0.1) is 13.8 Å². The molecule has 2 aromatic carbocycles. The van der Waals surface area contributed by atoms with E-state index in [1.165, 1.54) is 5.56 Å². The summed E-state index contributed by atoms with van der Waals surface area (Å²) in [7, 11) is 0. The van der Waals surface area contributed by atoms with Crippen molar-refractivity contribution in [2.45, 2.75) is 43.9 Å². The first-order chi connectivity index (χ1) is 11.5. The minimum atomic E-state index is -0.145. The van der Waals surface area contributed by atoms with Crippen molar-refractivity contribution in [2.24, 2.45) is 0 Å². The third-order valence-corrected chi connectivity index (χ3v) is 4.79. The quantitative estimate of drug-likeness (QED) is 0.759. The van der Waals surface area contributed by atoms with Crippen LogP contribution in [0.5, 0.6) is 5.75 Å². The molecule has 128 valence electrons. The Balaban J connectivity index is 1.80. The van der Waals surface area contributed by atoms with Crippen molar-refractivity contribution in [2.75, 3.05) is 6.61 Å². The van der Waals surface area contributed by atoms with Gasteiger partial charge >= 0.3 is 0 Å². The number of thioether (sulfide) groups is 1. The van der Waals surface area contributed by atoms with Crippen LogP contribution in [0.25, 0.3) is 0 Å². The monoisotopic (exact) mass is 343 g/mol. The molecule has 4 heteroatoms. The van der Waals surface area contributed by atoms with E-state index in [9.17, 15) is 4.79 Å². The van der Waals surface area contributed by atoms with Crippen molar-refractivity contribution in [3.05, 3.63) is 59.7 Å². The summed E-state index contributed by atoms with van der Waals surface area (Å²) in [5, 5.41) is 2.87. The number of amides is 1. The largest absolute Gasteiger partial charge is 0.491 e. The Labute approximate surface area is 148 Å². The lowest BCUT2D eigenvalue weighted by Gasteiger charge is -2.18. The average Bonchev–Trinajstić information content (AvgIpc) is 2.56. The maximum Gasteiger partial charge on any atom is 0.233 e. The zero-order chi connectivity index (χ0) is 17.5. The standard InChI is InChI=1S/C20H25NO2S/c1-14-9-11-18(12-10-14)24-17(4)20(22)21-16(3)13-23-19-8-6-5-7-15(19)2/h5-12,16-17H,13H2,1-4H3,(H,21,22). The first-order valence-corrected chi connectivity index (χ1v) is 9.06. The van der Waals surface area contributed by atoms with Gasteiger partial charge in [-0.15, -0.1) is 11.8 Å². The molecule has 0 aliphatic heterocycles. The molecule has 0 aliphatic carbocycles. The fraction of sp³-hybridized carbons (Fsp3) is 0.350. The van der Waals surface area contributed by atoms with Gasteiger partial charge in [0.15, 0.2) is 0 Å². The van der Waals surface area contributed by atoms with Crippen LogP contribution >= 0.6 is 11.8 Å². The molecule has 0 heterocycles. The molecule has 0 saturated heterocycles. The number of ether oxygens (including phenoxy) is 1. The van der Waals surface area contributed by atoms with Crippen LogP contribution in [0.4, 0.5) is 0 Å². The van der Waals surface area contributed by atoms with Crippen molar-refractivity contribution in [3.8, 4) is 5.75 Å². The van der Waals surface area contributed by atoms with Crippen LogP contribution in [0.15, 0.2) is 53.4 Å². The van der Waals surface area contributed by atoms with Crippen LogP contribution < -0.4 is 10.1 Å². The minimum absolute atomic E-state index is 0.0291. The third-order valence-electron chi connectivity index (χ3n) is 3.67. The van der Waals surface area contributed by atoms with Crippen molar-refractivity contribution in [1.82, 2.24) is 5.32 Å². The smallest absolute Gasteiger partial charge is 0.233 e. The van der Waals surface area contributed by atoms with Crippen LogP contribution in [-0.2, 0) is 4.79 Å². The second-order valence-electron chi connectivity index (χ2n) is 6.06. The molecule has 3 nitrogen and oxygen atoms in total. The van der Waals surface area contributed by atoms with Crippen LogP contribution in [-0.4, -0.2) is 23.8 Å². The van der Waals surface area contributed by atoms with E-state index in [4.69, 9.17) is 4.74 Å². The highest BCUT2D eigenvalue weighted by Crippen LogP contribution is 2.23. The highest BCUT2D eigenvalue weighted by molar-refractivity contribution is 8.00. The van der Waals surface area contributed by atoms with Gasteiger partial charge in [-0.1, -0.05) is 35.9 Å². The van der Waals surface area contributed by atoms with Gasteiger partial charge in [0.25, 0.3) is 0 Å². The van der Waals surface area contributed by atoms with Gasteiger partial charge in [0.2, 0.25) is 5.91 Å². The Kier molecular flexibility index (Phi) is 6.73. The molecule has 1 amide bonds. The van der Waals surface area contributed by atoms with Gasteiger partial charge in [-0.25, -0.2) is 0 Å². The van der Waals surface area contributed by atoms with E-state index in [1.54, 1.807) is 11.8 Å².